The molecule has 0 aromatic carbocycles. The number of unbranched alkanes of at least 4 members (excludes halogenated alkanes) is 1. The summed E-state index contributed by atoms with van der Waals surface area (Å²) in [7, 11) is 0. The minimum atomic E-state index is 0. The SMILES string of the molecule is CC1=CCC[NH+]1CCCCO.[Br-]. The van der Waals surface area contributed by atoms with Gasteiger partial charge in [-0.2, -0.15) is 0 Å². The third-order valence-corrected chi connectivity index (χ3v) is 2.34. The van der Waals surface area contributed by atoms with Gasteiger partial charge in [0.2, 0.25) is 0 Å². The molecule has 12 heavy (non-hydrogen) atoms. The number of aliphatic hydroxyl groups is 1. The molecule has 0 saturated carbocycles. The van der Waals surface area contributed by atoms with Crippen molar-refractivity contribution >= 4 is 0 Å². The predicted molar refractivity (Wildman–Crippen MR) is 45.4 cm³/mol. The molecule has 3 heteroatoms. The fourth-order valence-electron chi connectivity index (χ4n) is 1.58. The van der Waals surface area contributed by atoms with Crippen molar-refractivity contribution in [2.24, 2.45) is 0 Å². The summed E-state index contributed by atoms with van der Waals surface area (Å²) < 4.78 is 0. The second-order valence-corrected chi connectivity index (χ2v) is 3.21. The highest BCUT2D eigenvalue weighted by Gasteiger charge is 2.14. The number of nitrogens with one attached hydrogen (secondary N) is 1. The van der Waals surface area contributed by atoms with Gasteiger partial charge in [-0.15, -0.1) is 0 Å². The topological polar surface area (TPSA) is 24.7 Å². The van der Waals surface area contributed by atoms with Gasteiger partial charge < -0.3 is 27.0 Å². The van der Waals surface area contributed by atoms with E-state index in [1.165, 1.54) is 25.2 Å². The molecule has 1 aliphatic rings. The van der Waals surface area contributed by atoms with Crippen LogP contribution in [0.5, 0.6) is 0 Å². The summed E-state index contributed by atoms with van der Waals surface area (Å²) in [6, 6.07) is 0. The molecule has 0 amide bonds. The number of allylic oxidation sites excluding steroid dienone is 1. The average Bonchev–Trinajstić information content (AvgIpc) is 2.37. The molecule has 1 rings (SSSR count). The number of quaternary nitrogens is 1. The van der Waals surface area contributed by atoms with Gasteiger partial charge in [0.25, 0.3) is 0 Å². The van der Waals surface area contributed by atoms with E-state index in [-0.39, 0.29) is 17.0 Å². The van der Waals surface area contributed by atoms with E-state index >= 15 is 0 Å². The first-order valence-electron chi connectivity index (χ1n) is 4.47. The van der Waals surface area contributed by atoms with Crippen molar-refractivity contribution in [3.8, 4) is 0 Å². The number of hydrogen-bond acceptors (Lipinski definition) is 1. The van der Waals surface area contributed by atoms with E-state index < -0.39 is 0 Å². The van der Waals surface area contributed by atoms with Gasteiger partial charge in [0.15, 0.2) is 0 Å². The zero-order chi connectivity index (χ0) is 8.10. The molecule has 0 fully saturated rings. The molecule has 0 aliphatic carbocycles. The van der Waals surface area contributed by atoms with Crippen LogP contribution < -0.4 is 21.9 Å². The Labute approximate surface area is 85.0 Å². The molecule has 1 heterocycles. The van der Waals surface area contributed by atoms with E-state index in [4.69, 9.17) is 5.11 Å². The van der Waals surface area contributed by atoms with Gasteiger partial charge in [0.1, 0.15) is 5.70 Å². The van der Waals surface area contributed by atoms with Crippen LogP contribution in [0.1, 0.15) is 26.2 Å². The van der Waals surface area contributed by atoms with Gasteiger partial charge >= 0.3 is 0 Å². The molecular formula is C9H18BrNO. The van der Waals surface area contributed by atoms with Crippen LogP contribution in [0.4, 0.5) is 0 Å². The van der Waals surface area contributed by atoms with Crippen LogP contribution >= 0.6 is 0 Å². The summed E-state index contributed by atoms with van der Waals surface area (Å²) in [4.78, 5) is 1.61. The number of aliphatic hydroxyl groups excluding tert-OH is 1. The van der Waals surface area contributed by atoms with Crippen LogP contribution in [-0.4, -0.2) is 24.8 Å². The van der Waals surface area contributed by atoms with Gasteiger partial charge in [-0.25, -0.2) is 0 Å². The van der Waals surface area contributed by atoms with Gasteiger partial charge in [0.05, 0.1) is 13.1 Å². The van der Waals surface area contributed by atoms with Crippen molar-refractivity contribution in [3.63, 3.8) is 0 Å². The molecule has 1 atom stereocenters. The van der Waals surface area contributed by atoms with Crippen molar-refractivity contribution in [2.75, 3.05) is 19.7 Å². The Morgan fingerprint density at radius 2 is 2.25 bits per heavy atom. The van der Waals surface area contributed by atoms with Crippen LogP contribution in [0, 0.1) is 0 Å². The Kier molecular flexibility index (Phi) is 6.71. The van der Waals surface area contributed by atoms with E-state index in [9.17, 15) is 0 Å². The maximum absolute atomic E-state index is 8.58. The van der Waals surface area contributed by atoms with Crippen molar-refractivity contribution < 1.29 is 27.0 Å². The van der Waals surface area contributed by atoms with Crippen molar-refractivity contribution in [1.29, 1.82) is 0 Å². The summed E-state index contributed by atoms with van der Waals surface area (Å²) in [6.07, 6.45) is 5.66. The molecule has 0 radical (unpaired) electrons. The molecule has 0 bridgehead atoms. The van der Waals surface area contributed by atoms with Gasteiger partial charge in [-0.1, -0.05) is 0 Å². The monoisotopic (exact) mass is 235 g/mol. The zero-order valence-corrected chi connectivity index (χ0v) is 9.23. The summed E-state index contributed by atoms with van der Waals surface area (Å²) in [6.45, 7) is 5.00. The summed E-state index contributed by atoms with van der Waals surface area (Å²) >= 11 is 0. The molecule has 0 saturated heterocycles. The lowest BCUT2D eigenvalue weighted by Crippen LogP contribution is -3.08. The normalized spacial score (nSPS) is 21.8. The number of rotatable bonds is 4. The summed E-state index contributed by atoms with van der Waals surface area (Å²) in [5.41, 5.74) is 1.49. The second-order valence-electron chi connectivity index (χ2n) is 3.21. The van der Waals surface area contributed by atoms with E-state index in [1.54, 1.807) is 4.90 Å². The molecule has 1 unspecified atom stereocenters. The van der Waals surface area contributed by atoms with Gasteiger partial charge in [-0.05, 0) is 18.9 Å². The molecule has 0 aromatic heterocycles. The van der Waals surface area contributed by atoms with Gasteiger partial charge in [0, 0.05) is 20.0 Å². The maximum Gasteiger partial charge on any atom is 0.100 e. The number of halogens is 1. The predicted octanol–water partition coefficient (Wildman–Crippen LogP) is -3.04. The first-order chi connectivity index (χ1) is 5.34. The maximum atomic E-state index is 8.58. The van der Waals surface area contributed by atoms with Crippen LogP contribution in [0.3, 0.4) is 0 Å². The summed E-state index contributed by atoms with van der Waals surface area (Å²) in [5.74, 6) is 0. The first-order valence-corrected chi connectivity index (χ1v) is 4.47. The highest BCUT2D eigenvalue weighted by atomic mass is 79.9. The Balaban J connectivity index is 0.00000121. The van der Waals surface area contributed by atoms with Crippen LogP contribution in [0.2, 0.25) is 0 Å². The first kappa shape index (κ1) is 12.1. The second kappa shape index (κ2) is 6.63. The standard InChI is InChI=1S/C9H17NO.BrH/c1-9-5-4-7-10(9)6-2-3-8-11;/h5,11H,2-4,6-8H2,1H3;1H. The van der Waals surface area contributed by atoms with Crippen LogP contribution in [0.25, 0.3) is 0 Å². The van der Waals surface area contributed by atoms with Crippen molar-refractivity contribution in [3.05, 3.63) is 11.8 Å². The molecule has 2 N–H and O–H groups in total. The Hall–Kier alpha value is 0.140. The molecule has 72 valence electrons. The van der Waals surface area contributed by atoms with Crippen molar-refractivity contribution in [2.45, 2.75) is 26.2 Å². The van der Waals surface area contributed by atoms with E-state index in [0.29, 0.717) is 6.61 Å². The fraction of sp³-hybridized carbons (Fsp3) is 0.778. The quantitative estimate of drug-likeness (QED) is 0.498. The molecular weight excluding hydrogens is 218 g/mol. The minimum Gasteiger partial charge on any atom is -1.00 e. The Morgan fingerprint density at radius 1 is 1.50 bits per heavy atom. The zero-order valence-electron chi connectivity index (χ0n) is 7.65. The lowest BCUT2D eigenvalue weighted by Gasteiger charge is -2.12. The van der Waals surface area contributed by atoms with Crippen LogP contribution in [0.15, 0.2) is 11.8 Å². The highest BCUT2D eigenvalue weighted by Crippen LogP contribution is 1.93. The largest absolute Gasteiger partial charge is 1.00 e. The molecule has 1 aliphatic heterocycles. The van der Waals surface area contributed by atoms with E-state index in [0.717, 1.165) is 12.8 Å². The fourth-order valence-corrected chi connectivity index (χ4v) is 1.58. The highest BCUT2D eigenvalue weighted by molar-refractivity contribution is 4.90. The number of hydrogen-bond donors (Lipinski definition) is 2. The molecule has 0 spiro atoms. The summed E-state index contributed by atoms with van der Waals surface area (Å²) in [5, 5.41) is 8.58. The molecule has 0 aromatic rings. The third-order valence-electron chi connectivity index (χ3n) is 2.34. The van der Waals surface area contributed by atoms with Crippen molar-refractivity contribution in [1.82, 2.24) is 0 Å². The van der Waals surface area contributed by atoms with E-state index in [1.807, 2.05) is 0 Å². The lowest BCUT2D eigenvalue weighted by atomic mass is 10.3. The van der Waals surface area contributed by atoms with Crippen LogP contribution in [-0.2, 0) is 0 Å². The minimum absolute atomic E-state index is 0. The average molecular weight is 236 g/mol. The van der Waals surface area contributed by atoms with Gasteiger partial charge in [-0.3, -0.25) is 0 Å². The Morgan fingerprint density at radius 3 is 2.75 bits per heavy atom. The Bertz CT molecular complexity index is 147. The lowest BCUT2D eigenvalue weighted by molar-refractivity contribution is -0.854. The van der Waals surface area contributed by atoms with E-state index in [2.05, 4.69) is 13.0 Å². The molecule has 2 nitrogen and oxygen atoms in total. The smallest absolute Gasteiger partial charge is 0.100 e. The third kappa shape index (κ3) is 3.70.